The fourth-order valence-corrected chi connectivity index (χ4v) is 2.94. The highest BCUT2D eigenvalue weighted by atomic mass is 15.6. The lowest BCUT2D eigenvalue weighted by Crippen LogP contribution is -2.33. The van der Waals surface area contributed by atoms with Crippen LogP contribution in [-0.4, -0.2) is 61.0 Å². The molecule has 0 amide bonds. The summed E-state index contributed by atoms with van der Waals surface area (Å²) in [7, 11) is 5.61. The Morgan fingerprint density at radius 1 is 0.769 bits per heavy atom. The van der Waals surface area contributed by atoms with Crippen molar-refractivity contribution in [3.8, 4) is 0 Å². The monoisotopic (exact) mass is 349 g/mol. The van der Waals surface area contributed by atoms with Crippen LogP contribution in [0, 0.1) is 0 Å². The summed E-state index contributed by atoms with van der Waals surface area (Å²) in [6.45, 7) is 0. The minimum atomic E-state index is 0.624. The van der Waals surface area contributed by atoms with Crippen LogP contribution in [0.1, 0.15) is 0 Å². The van der Waals surface area contributed by atoms with Gasteiger partial charge in [0, 0.05) is 21.1 Å². The maximum atomic E-state index is 6.21. The van der Waals surface area contributed by atoms with Gasteiger partial charge in [0.25, 0.3) is 0 Å². The SMILES string of the molecule is CN(C)/C(=C(/N(C)N)n1nnc2ccccc21)n1nnc2ccccc21. The fourth-order valence-electron chi connectivity index (χ4n) is 2.94. The number of nitrogens with zero attached hydrogens (tertiary/aromatic N) is 8. The van der Waals surface area contributed by atoms with Crippen molar-refractivity contribution in [2.24, 2.45) is 5.84 Å². The van der Waals surface area contributed by atoms with Crippen LogP contribution in [0.2, 0.25) is 0 Å². The Balaban J connectivity index is 2.06. The van der Waals surface area contributed by atoms with Gasteiger partial charge in [0.15, 0.2) is 11.6 Å². The summed E-state index contributed by atoms with van der Waals surface area (Å²) in [6.07, 6.45) is 0. The van der Waals surface area contributed by atoms with Gasteiger partial charge >= 0.3 is 0 Å². The topological polar surface area (TPSA) is 93.9 Å². The van der Waals surface area contributed by atoms with Crippen molar-refractivity contribution in [2.45, 2.75) is 0 Å². The van der Waals surface area contributed by atoms with Gasteiger partial charge < -0.3 is 4.90 Å². The van der Waals surface area contributed by atoms with E-state index in [4.69, 9.17) is 5.84 Å². The molecule has 26 heavy (non-hydrogen) atoms. The fraction of sp³-hybridized carbons (Fsp3) is 0.176. The summed E-state index contributed by atoms with van der Waals surface area (Å²) in [5.41, 5.74) is 3.31. The highest BCUT2D eigenvalue weighted by Crippen LogP contribution is 2.24. The van der Waals surface area contributed by atoms with E-state index >= 15 is 0 Å². The predicted octanol–water partition coefficient (Wildman–Crippen LogP) is 1.28. The minimum absolute atomic E-state index is 0.624. The lowest BCUT2D eigenvalue weighted by atomic mass is 10.3. The molecular weight excluding hydrogens is 330 g/mol. The summed E-state index contributed by atoms with van der Waals surface area (Å²) in [4.78, 5) is 1.93. The molecule has 4 rings (SSSR count). The van der Waals surface area contributed by atoms with E-state index in [-0.39, 0.29) is 0 Å². The van der Waals surface area contributed by atoms with Gasteiger partial charge in [0.1, 0.15) is 11.0 Å². The molecule has 0 unspecified atom stereocenters. The molecule has 0 radical (unpaired) electrons. The van der Waals surface area contributed by atoms with Crippen molar-refractivity contribution in [1.29, 1.82) is 0 Å². The molecule has 2 N–H and O–H groups in total. The maximum absolute atomic E-state index is 6.21. The highest BCUT2D eigenvalue weighted by molar-refractivity contribution is 5.84. The Hall–Kier alpha value is -3.46. The van der Waals surface area contributed by atoms with Crippen molar-refractivity contribution in [2.75, 3.05) is 21.1 Å². The van der Waals surface area contributed by atoms with Crippen LogP contribution in [0.25, 0.3) is 33.7 Å². The molecule has 0 aliphatic heterocycles. The summed E-state index contributed by atoms with van der Waals surface area (Å²) < 4.78 is 3.46. The molecule has 9 heteroatoms. The third kappa shape index (κ3) is 2.45. The molecule has 132 valence electrons. The zero-order chi connectivity index (χ0) is 18.3. The normalized spacial score (nSPS) is 12.5. The second kappa shape index (κ2) is 6.12. The molecule has 0 saturated carbocycles. The molecular formula is C17H19N9. The molecule has 0 aliphatic carbocycles. The summed E-state index contributed by atoms with van der Waals surface area (Å²) in [6, 6.07) is 15.5. The van der Waals surface area contributed by atoms with Gasteiger partial charge in [0.2, 0.25) is 0 Å². The Labute approximate surface area is 149 Å². The van der Waals surface area contributed by atoms with E-state index in [2.05, 4.69) is 20.6 Å². The molecule has 2 aromatic carbocycles. The molecule has 0 bridgehead atoms. The zero-order valence-corrected chi connectivity index (χ0v) is 14.8. The van der Waals surface area contributed by atoms with Crippen molar-refractivity contribution in [3.05, 3.63) is 48.5 Å². The van der Waals surface area contributed by atoms with Crippen LogP contribution in [0.4, 0.5) is 0 Å². The number of fused-ring (bicyclic) bond motifs is 2. The highest BCUT2D eigenvalue weighted by Gasteiger charge is 2.22. The lowest BCUT2D eigenvalue weighted by Gasteiger charge is -2.25. The van der Waals surface area contributed by atoms with Crippen LogP contribution >= 0.6 is 0 Å². The van der Waals surface area contributed by atoms with E-state index in [1.54, 1.807) is 16.4 Å². The van der Waals surface area contributed by atoms with Gasteiger partial charge in [-0.1, -0.05) is 34.7 Å². The van der Waals surface area contributed by atoms with E-state index in [1.807, 2.05) is 67.5 Å². The molecule has 0 saturated heterocycles. The Morgan fingerprint density at radius 2 is 1.23 bits per heavy atom. The number of benzene rings is 2. The standard InChI is InChI=1S/C17H19N9/c1-23(2)16(25-14-10-6-4-8-12(14)19-21-25)17(24(3)18)26-15-11-7-5-9-13(15)20-22-26/h4-11H,18H2,1-3H3/b17-16+. The van der Waals surface area contributed by atoms with Gasteiger partial charge in [-0.15, -0.1) is 10.2 Å². The van der Waals surface area contributed by atoms with Gasteiger partial charge in [0.05, 0.1) is 11.0 Å². The Bertz CT molecular complexity index is 1020. The third-order valence-corrected chi connectivity index (χ3v) is 4.06. The second-order valence-corrected chi connectivity index (χ2v) is 6.13. The van der Waals surface area contributed by atoms with Gasteiger partial charge in [-0.05, 0) is 24.3 Å². The Morgan fingerprint density at radius 3 is 1.69 bits per heavy atom. The number of hydrogen-bond acceptors (Lipinski definition) is 7. The number of nitrogens with two attached hydrogens (primary N) is 1. The van der Waals surface area contributed by atoms with Crippen LogP contribution in [-0.2, 0) is 0 Å². The molecule has 2 heterocycles. The number of aromatic nitrogens is 6. The summed E-state index contributed by atoms with van der Waals surface area (Å²) >= 11 is 0. The van der Waals surface area contributed by atoms with Crippen molar-refractivity contribution in [1.82, 2.24) is 39.9 Å². The molecule has 0 aliphatic rings. The number of hydrogen-bond donors (Lipinski definition) is 1. The zero-order valence-electron chi connectivity index (χ0n) is 14.8. The van der Waals surface area contributed by atoms with E-state index in [0.717, 1.165) is 27.9 Å². The van der Waals surface area contributed by atoms with Gasteiger partial charge in [-0.2, -0.15) is 9.36 Å². The van der Waals surface area contributed by atoms with E-state index in [0.29, 0.717) is 5.82 Å². The van der Waals surface area contributed by atoms with Gasteiger partial charge in [-0.25, -0.2) is 5.84 Å². The van der Waals surface area contributed by atoms with Crippen molar-refractivity contribution in [3.63, 3.8) is 0 Å². The van der Waals surface area contributed by atoms with Crippen LogP contribution in [0.3, 0.4) is 0 Å². The molecule has 4 aromatic rings. The molecule has 0 atom stereocenters. The number of para-hydroxylation sites is 2. The maximum Gasteiger partial charge on any atom is 0.189 e. The quantitative estimate of drug-likeness (QED) is 0.438. The first-order chi connectivity index (χ1) is 12.6. The first-order valence-corrected chi connectivity index (χ1v) is 8.09. The lowest BCUT2D eigenvalue weighted by molar-refractivity contribution is 0.448. The van der Waals surface area contributed by atoms with Crippen LogP contribution in [0.15, 0.2) is 48.5 Å². The summed E-state index contributed by atoms with van der Waals surface area (Å²) in [5.74, 6) is 7.55. The number of rotatable bonds is 4. The first kappa shape index (κ1) is 16.0. The molecule has 2 aromatic heterocycles. The van der Waals surface area contributed by atoms with Gasteiger partial charge in [-0.3, -0.25) is 5.01 Å². The van der Waals surface area contributed by atoms with Crippen molar-refractivity contribution >= 4 is 33.7 Å². The molecule has 0 spiro atoms. The summed E-state index contributed by atoms with van der Waals surface area (Å²) in [5, 5.41) is 18.6. The average Bonchev–Trinajstić information content (AvgIpc) is 3.23. The average molecular weight is 349 g/mol. The third-order valence-electron chi connectivity index (χ3n) is 4.06. The predicted molar refractivity (Wildman–Crippen MR) is 100 cm³/mol. The van der Waals surface area contributed by atoms with Crippen molar-refractivity contribution < 1.29 is 0 Å². The smallest absolute Gasteiger partial charge is 0.189 e. The van der Waals surface area contributed by atoms with E-state index < -0.39 is 0 Å². The van der Waals surface area contributed by atoms with Crippen LogP contribution in [0.5, 0.6) is 0 Å². The van der Waals surface area contributed by atoms with E-state index in [1.165, 1.54) is 5.01 Å². The largest absolute Gasteiger partial charge is 0.360 e. The van der Waals surface area contributed by atoms with E-state index in [9.17, 15) is 0 Å². The van der Waals surface area contributed by atoms with Crippen LogP contribution < -0.4 is 5.84 Å². The number of hydrazine groups is 1. The minimum Gasteiger partial charge on any atom is -0.360 e. The Kier molecular flexibility index (Phi) is 3.77. The first-order valence-electron chi connectivity index (χ1n) is 8.09. The molecule has 9 nitrogen and oxygen atoms in total. The second-order valence-electron chi connectivity index (χ2n) is 6.13. The molecule has 0 fully saturated rings.